The third kappa shape index (κ3) is 3.80. The molecule has 1 aliphatic heterocycles. The van der Waals surface area contributed by atoms with E-state index >= 15 is 0 Å². The molecule has 2 aliphatic rings. The summed E-state index contributed by atoms with van der Waals surface area (Å²) in [6.45, 7) is 14.5. The van der Waals surface area contributed by atoms with Crippen molar-refractivity contribution >= 4 is 5.91 Å². The molecule has 0 aromatic heterocycles. The van der Waals surface area contributed by atoms with Crippen LogP contribution in [0.15, 0.2) is 0 Å². The van der Waals surface area contributed by atoms with Crippen LogP contribution in [-0.2, 0) is 4.79 Å². The van der Waals surface area contributed by atoms with Gasteiger partial charge in [0, 0.05) is 6.54 Å². The van der Waals surface area contributed by atoms with Crippen LogP contribution in [0.25, 0.3) is 0 Å². The minimum atomic E-state index is 0.0386. The number of nitrogens with one attached hydrogen (secondary N) is 1. The van der Waals surface area contributed by atoms with Crippen LogP contribution in [0, 0.1) is 23.2 Å². The fourth-order valence-electron chi connectivity index (χ4n) is 3.64. The summed E-state index contributed by atoms with van der Waals surface area (Å²) in [5.74, 6) is 2.20. The third-order valence-corrected chi connectivity index (χ3v) is 5.35. The van der Waals surface area contributed by atoms with Crippen molar-refractivity contribution in [2.75, 3.05) is 6.54 Å². The first-order chi connectivity index (χ1) is 9.75. The maximum Gasteiger partial charge on any atom is 0.241 e. The molecule has 0 bridgehead atoms. The van der Waals surface area contributed by atoms with E-state index in [1.165, 1.54) is 12.8 Å². The summed E-state index contributed by atoms with van der Waals surface area (Å²) in [7, 11) is 0. The molecule has 3 heteroatoms. The predicted octanol–water partition coefficient (Wildman–Crippen LogP) is 3.64. The van der Waals surface area contributed by atoms with Crippen LogP contribution in [0.2, 0.25) is 0 Å². The molecule has 2 rings (SSSR count). The Balaban J connectivity index is 2.08. The van der Waals surface area contributed by atoms with E-state index in [1.54, 1.807) is 0 Å². The van der Waals surface area contributed by atoms with Crippen molar-refractivity contribution in [2.24, 2.45) is 23.2 Å². The van der Waals surface area contributed by atoms with Gasteiger partial charge in [-0.1, -0.05) is 41.5 Å². The summed E-state index contributed by atoms with van der Waals surface area (Å²) in [5, 5.41) is 3.62. The Morgan fingerprint density at radius 2 is 1.67 bits per heavy atom. The molecule has 1 saturated carbocycles. The van der Waals surface area contributed by atoms with Gasteiger partial charge in [0.15, 0.2) is 0 Å². The van der Waals surface area contributed by atoms with E-state index < -0.39 is 0 Å². The minimum absolute atomic E-state index is 0.0386. The van der Waals surface area contributed by atoms with Gasteiger partial charge in [-0.15, -0.1) is 0 Å². The summed E-state index contributed by atoms with van der Waals surface area (Å²) in [5.41, 5.74) is 0.402. The minimum Gasteiger partial charge on any atom is -0.325 e. The van der Waals surface area contributed by atoms with E-state index in [4.69, 9.17) is 0 Å². The number of rotatable bonds is 7. The molecule has 2 unspecified atom stereocenters. The lowest BCUT2D eigenvalue weighted by atomic mass is 9.91. The highest BCUT2D eigenvalue weighted by molar-refractivity contribution is 5.84. The first kappa shape index (κ1) is 16.8. The maximum absolute atomic E-state index is 12.8. The molecule has 1 heterocycles. The molecule has 1 amide bonds. The van der Waals surface area contributed by atoms with Gasteiger partial charge in [0.1, 0.15) is 0 Å². The molecule has 0 aromatic rings. The van der Waals surface area contributed by atoms with Crippen LogP contribution >= 0.6 is 0 Å². The van der Waals surface area contributed by atoms with Gasteiger partial charge in [0.05, 0.1) is 12.2 Å². The van der Waals surface area contributed by atoms with E-state index in [0.717, 1.165) is 19.4 Å². The molecule has 0 aromatic carbocycles. The second kappa shape index (κ2) is 6.28. The number of hydrogen-bond acceptors (Lipinski definition) is 2. The summed E-state index contributed by atoms with van der Waals surface area (Å²) in [4.78, 5) is 15.0. The van der Waals surface area contributed by atoms with E-state index in [1.807, 2.05) is 0 Å². The van der Waals surface area contributed by atoms with Crippen LogP contribution < -0.4 is 5.32 Å². The van der Waals surface area contributed by atoms with Gasteiger partial charge in [0.25, 0.3) is 0 Å². The lowest BCUT2D eigenvalue weighted by Crippen LogP contribution is -2.42. The number of amides is 1. The zero-order valence-corrected chi connectivity index (χ0v) is 14.8. The van der Waals surface area contributed by atoms with Gasteiger partial charge >= 0.3 is 0 Å². The Hall–Kier alpha value is -0.570. The van der Waals surface area contributed by atoms with E-state index in [2.05, 4.69) is 51.8 Å². The highest BCUT2D eigenvalue weighted by atomic mass is 16.2. The van der Waals surface area contributed by atoms with Gasteiger partial charge in [-0.25, -0.2) is 0 Å². The molecule has 2 atom stereocenters. The topological polar surface area (TPSA) is 32.3 Å². The SMILES string of the molecule is CC(C)CC1NC(CC(C)C)N(CC2(C(C)C)CC2)C1=O. The van der Waals surface area contributed by atoms with Crippen molar-refractivity contribution in [3.63, 3.8) is 0 Å². The summed E-state index contributed by atoms with van der Waals surface area (Å²) in [6, 6.07) is 0.0386. The largest absolute Gasteiger partial charge is 0.325 e. The van der Waals surface area contributed by atoms with Crippen molar-refractivity contribution in [3.8, 4) is 0 Å². The highest BCUT2D eigenvalue weighted by Gasteiger charge is 2.50. The molecule has 21 heavy (non-hydrogen) atoms. The summed E-state index contributed by atoms with van der Waals surface area (Å²) >= 11 is 0. The van der Waals surface area contributed by atoms with Gasteiger partial charge in [-0.05, 0) is 48.9 Å². The average molecular weight is 294 g/mol. The van der Waals surface area contributed by atoms with Gasteiger partial charge < -0.3 is 4.90 Å². The van der Waals surface area contributed by atoms with E-state index in [9.17, 15) is 4.79 Å². The summed E-state index contributed by atoms with van der Waals surface area (Å²) in [6.07, 6.45) is 4.85. The normalized spacial score (nSPS) is 28.2. The predicted molar refractivity (Wildman–Crippen MR) is 87.8 cm³/mol. The number of carbonyl (C=O) groups is 1. The monoisotopic (exact) mass is 294 g/mol. The van der Waals surface area contributed by atoms with Crippen molar-refractivity contribution in [2.45, 2.75) is 79.4 Å². The van der Waals surface area contributed by atoms with Gasteiger partial charge in [-0.3, -0.25) is 10.1 Å². The summed E-state index contributed by atoms with van der Waals surface area (Å²) < 4.78 is 0. The zero-order chi connectivity index (χ0) is 15.8. The first-order valence-corrected chi connectivity index (χ1v) is 8.81. The Bertz CT molecular complexity index is 371. The molecule has 0 spiro atoms. The lowest BCUT2D eigenvalue weighted by Gasteiger charge is -2.31. The quantitative estimate of drug-likeness (QED) is 0.777. The van der Waals surface area contributed by atoms with Crippen molar-refractivity contribution in [1.82, 2.24) is 10.2 Å². The molecular formula is C18H34N2O. The standard InChI is InChI=1S/C18H34N2O/c1-12(2)9-15-17(21)20(16(19-15)10-13(3)4)11-18(7-8-18)14(5)6/h12-16,19H,7-11H2,1-6H3. The second-order valence-corrected chi connectivity index (χ2v) is 8.48. The van der Waals surface area contributed by atoms with E-state index in [0.29, 0.717) is 29.1 Å². The number of carbonyl (C=O) groups excluding carboxylic acids is 1. The van der Waals surface area contributed by atoms with Crippen molar-refractivity contribution in [1.29, 1.82) is 0 Å². The van der Waals surface area contributed by atoms with Crippen LogP contribution in [0.1, 0.15) is 67.2 Å². The fraction of sp³-hybridized carbons (Fsp3) is 0.944. The second-order valence-electron chi connectivity index (χ2n) is 8.48. The highest BCUT2D eigenvalue weighted by Crippen LogP contribution is 2.53. The Labute approximate surface area is 130 Å². The number of nitrogens with zero attached hydrogens (tertiary/aromatic N) is 1. The molecule has 122 valence electrons. The molecular weight excluding hydrogens is 260 g/mol. The maximum atomic E-state index is 12.8. The lowest BCUT2D eigenvalue weighted by molar-refractivity contribution is -0.131. The Kier molecular flexibility index (Phi) is 5.02. The van der Waals surface area contributed by atoms with Gasteiger partial charge in [0.2, 0.25) is 5.91 Å². The Morgan fingerprint density at radius 1 is 1.10 bits per heavy atom. The third-order valence-electron chi connectivity index (χ3n) is 5.35. The zero-order valence-electron chi connectivity index (χ0n) is 14.8. The first-order valence-electron chi connectivity index (χ1n) is 8.81. The Morgan fingerprint density at radius 3 is 2.10 bits per heavy atom. The molecule has 2 fully saturated rings. The molecule has 3 nitrogen and oxygen atoms in total. The fourth-order valence-corrected chi connectivity index (χ4v) is 3.64. The molecule has 0 radical (unpaired) electrons. The smallest absolute Gasteiger partial charge is 0.241 e. The van der Waals surface area contributed by atoms with Crippen LogP contribution in [0.4, 0.5) is 0 Å². The van der Waals surface area contributed by atoms with Crippen molar-refractivity contribution in [3.05, 3.63) is 0 Å². The molecule has 1 saturated heterocycles. The average Bonchev–Trinajstić information content (AvgIpc) is 3.08. The molecule has 1 aliphatic carbocycles. The van der Waals surface area contributed by atoms with E-state index in [-0.39, 0.29) is 12.2 Å². The van der Waals surface area contributed by atoms with Gasteiger partial charge in [-0.2, -0.15) is 0 Å². The number of hydrogen-bond donors (Lipinski definition) is 1. The van der Waals surface area contributed by atoms with Crippen molar-refractivity contribution < 1.29 is 4.79 Å². The van der Waals surface area contributed by atoms with Crippen LogP contribution in [0.3, 0.4) is 0 Å². The van der Waals surface area contributed by atoms with Crippen LogP contribution in [0.5, 0.6) is 0 Å². The van der Waals surface area contributed by atoms with Crippen LogP contribution in [-0.4, -0.2) is 29.6 Å². The molecule has 1 N–H and O–H groups in total.